The molecule has 18 heavy (non-hydrogen) atoms. The Morgan fingerprint density at radius 1 is 0.722 bits per heavy atom. The van der Waals surface area contributed by atoms with Crippen molar-refractivity contribution in [3.8, 4) is 12.1 Å². The Labute approximate surface area is 112 Å². The standard InChI is InChI=1S/C14H26N4/c1-3-17(13-7-9-15)11-5-6-12-18(4-2)14-8-10-16/h3-8,11-14H2,1-2H3. The zero-order valence-corrected chi connectivity index (χ0v) is 11.9. The summed E-state index contributed by atoms with van der Waals surface area (Å²) in [5.41, 5.74) is 0. The molecule has 0 heterocycles. The molecule has 0 saturated heterocycles. The molecule has 4 heteroatoms. The van der Waals surface area contributed by atoms with Crippen molar-refractivity contribution in [2.75, 3.05) is 39.3 Å². The van der Waals surface area contributed by atoms with Gasteiger partial charge < -0.3 is 9.80 Å². The lowest BCUT2D eigenvalue weighted by atomic mass is 10.2. The van der Waals surface area contributed by atoms with Gasteiger partial charge in [-0.3, -0.25) is 0 Å². The summed E-state index contributed by atoms with van der Waals surface area (Å²) >= 11 is 0. The van der Waals surface area contributed by atoms with Crippen LogP contribution in [-0.4, -0.2) is 49.1 Å². The summed E-state index contributed by atoms with van der Waals surface area (Å²) in [5, 5.41) is 17.1. The van der Waals surface area contributed by atoms with Gasteiger partial charge in [-0.2, -0.15) is 10.5 Å². The Hall–Kier alpha value is -1.10. The zero-order chi connectivity index (χ0) is 13.6. The highest BCUT2D eigenvalue weighted by molar-refractivity contribution is 4.73. The Kier molecular flexibility index (Phi) is 11.6. The van der Waals surface area contributed by atoms with Crippen LogP contribution in [0.1, 0.15) is 39.5 Å². The molecule has 0 rings (SSSR count). The SMILES string of the molecule is CCN(CCC#N)CCCCN(CC)CCC#N. The topological polar surface area (TPSA) is 54.1 Å². The summed E-state index contributed by atoms with van der Waals surface area (Å²) in [6.45, 7) is 10.3. The maximum Gasteiger partial charge on any atom is 0.0635 e. The monoisotopic (exact) mass is 250 g/mol. The smallest absolute Gasteiger partial charge is 0.0635 e. The van der Waals surface area contributed by atoms with E-state index in [2.05, 4.69) is 35.8 Å². The van der Waals surface area contributed by atoms with Crippen LogP contribution in [0.4, 0.5) is 0 Å². The van der Waals surface area contributed by atoms with Crippen LogP contribution >= 0.6 is 0 Å². The molecule has 0 spiro atoms. The molecule has 0 N–H and O–H groups in total. The molecule has 102 valence electrons. The van der Waals surface area contributed by atoms with Crippen LogP contribution < -0.4 is 0 Å². The number of hydrogen-bond donors (Lipinski definition) is 0. The first-order chi connectivity index (χ1) is 8.78. The highest BCUT2D eigenvalue weighted by Gasteiger charge is 2.04. The minimum absolute atomic E-state index is 0.622. The van der Waals surface area contributed by atoms with E-state index in [1.165, 1.54) is 12.8 Å². The van der Waals surface area contributed by atoms with Crippen molar-refractivity contribution in [2.24, 2.45) is 0 Å². The molecule has 0 aromatic carbocycles. The first-order valence-corrected chi connectivity index (χ1v) is 6.97. The van der Waals surface area contributed by atoms with Crippen LogP contribution in [-0.2, 0) is 0 Å². The molecule has 0 aromatic rings. The summed E-state index contributed by atoms with van der Waals surface area (Å²) in [4.78, 5) is 4.66. The second-order valence-electron chi connectivity index (χ2n) is 4.39. The van der Waals surface area contributed by atoms with E-state index in [4.69, 9.17) is 10.5 Å². The van der Waals surface area contributed by atoms with Crippen LogP contribution in [0.25, 0.3) is 0 Å². The normalized spacial score (nSPS) is 10.6. The lowest BCUT2D eigenvalue weighted by Crippen LogP contribution is -2.28. The van der Waals surface area contributed by atoms with Gasteiger partial charge >= 0.3 is 0 Å². The zero-order valence-electron chi connectivity index (χ0n) is 11.9. The fourth-order valence-electron chi connectivity index (χ4n) is 1.94. The molecular weight excluding hydrogens is 224 g/mol. The minimum Gasteiger partial charge on any atom is -0.303 e. The largest absolute Gasteiger partial charge is 0.303 e. The third-order valence-corrected chi connectivity index (χ3v) is 3.17. The van der Waals surface area contributed by atoms with Crippen molar-refractivity contribution >= 4 is 0 Å². The number of rotatable bonds is 11. The van der Waals surface area contributed by atoms with Gasteiger partial charge in [0, 0.05) is 25.9 Å². The van der Waals surface area contributed by atoms with Crippen molar-refractivity contribution in [1.29, 1.82) is 10.5 Å². The Morgan fingerprint density at radius 2 is 1.11 bits per heavy atom. The van der Waals surface area contributed by atoms with Gasteiger partial charge in [-0.1, -0.05) is 13.8 Å². The van der Waals surface area contributed by atoms with Crippen LogP contribution in [0.3, 0.4) is 0 Å². The van der Waals surface area contributed by atoms with Gasteiger partial charge in [-0.15, -0.1) is 0 Å². The Morgan fingerprint density at radius 3 is 1.39 bits per heavy atom. The lowest BCUT2D eigenvalue weighted by Gasteiger charge is -2.21. The highest BCUT2D eigenvalue weighted by atomic mass is 15.1. The van der Waals surface area contributed by atoms with Crippen molar-refractivity contribution in [1.82, 2.24) is 9.80 Å². The van der Waals surface area contributed by atoms with E-state index in [1.54, 1.807) is 0 Å². The second-order valence-corrected chi connectivity index (χ2v) is 4.39. The molecule has 0 fully saturated rings. The van der Waals surface area contributed by atoms with Crippen molar-refractivity contribution in [3.63, 3.8) is 0 Å². The van der Waals surface area contributed by atoms with Gasteiger partial charge in [0.05, 0.1) is 12.1 Å². The Balaban J connectivity index is 3.63. The fraction of sp³-hybridized carbons (Fsp3) is 0.857. The van der Waals surface area contributed by atoms with E-state index < -0.39 is 0 Å². The number of nitriles is 2. The summed E-state index contributed by atoms with van der Waals surface area (Å²) in [7, 11) is 0. The van der Waals surface area contributed by atoms with E-state index in [9.17, 15) is 0 Å². The van der Waals surface area contributed by atoms with E-state index in [0.29, 0.717) is 12.8 Å². The van der Waals surface area contributed by atoms with Crippen LogP contribution in [0.5, 0.6) is 0 Å². The average molecular weight is 250 g/mol. The first-order valence-electron chi connectivity index (χ1n) is 6.97. The van der Waals surface area contributed by atoms with Crippen molar-refractivity contribution < 1.29 is 0 Å². The number of unbranched alkanes of at least 4 members (excludes halogenated alkanes) is 1. The second kappa shape index (κ2) is 12.4. The fourth-order valence-corrected chi connectivity index (χ4v) is 1.94. The predicted molar refractivity (Wildman–Crippen MR) is 73.9 cm³/mol. The summed E-state index contributed by atoms with van der Waals surface area (Å²) in [6, 6.07) is 4.39. The molecule has 0 radical (unpaired) electrons. The van der Waals surface area contributed by atoms with Crippen molar-refractivity contribution in [2.45, 2.75) is 39.5 Å². The quantitative estimate of drug-likeness (QED) is 0.528. The molecule has 0 unspecified atom stereocenters. The molecule has 0 aromatic heterocycles. The van der Waals surface area contributed by atoms with E-state index in [0.717, 1.165) is 39.3 Å². The third kappa shape index (κ3) is 8.98. The summed E-state index contributed by atoms with van der Waals surface area (Å²) in [5.74, 6) is 0. The lowest BCUT2D eigenvalue weighted by molar-refractivity contribution is 0.258. The van der Waals surface area contributed by atoms with Gasteiger partial charge in [0.15, 0.2) is 0 Å². The molecular formula is C14H26N4. The molecule has 0 amide bonds. The minimum atomic E-state index is 0.622. The van der Waals surface area contributed by atoms with Gasteiger partial charge in [0.1, 0.15) is 0 Å². The van der Waals surface area contributed by atoms with E-state index >= 15 is 0 Å². The van der Waals surface area contributed by atoms with Crippen LogP contribution in [0.2, 0.25) is 0 Å². The molecule has 4 nitrogen and oxygen atoms in total. The molecule has 0 bridgehead atoms. The van der Waals surface area contributed by atoms with E-state index in [1.807, 2.05) is 0 Å². The molecule has 0 aliphatic rings. The van der Waals surface area contributed by atoms with Gasteiger partial charge in [0.2, 0.25) is 0 Å². The Bertz CT molecular complexity index is 236. The predicted octanol–water partition coefficient (Wildman–Crippen LogP) is 2.24. The summed E-state index contributed by atoms with van der Waals surface area (Å²) < 4.78 is 0. The van der Waals surface area contributed by atoms with Crippen LogP contribution in [0, 0.1) is 22.7 Å². The number of hydrogen-bond acceptors (Lipinski definition) is 4. The van der Waals surface area contributed by atoms with Crippen LogP contribution in [0.15, 0.2) is 0 Å². The number of nitrogens with zero attached hydrogens (tertiary/aromatic N) is 4. The first kappa shape index (κ1) is 16.9. The maximum absolute atomic E-state index is 8.56. The summed E-state index contributed by atoms with van der Waals surface area (Å²) in [6.07, 6.45) is 3.58. The molecule has 0 aliphatic carbocycles. The molecule has 0 saturated carbocycles. The van der Waals surface area contributed by atoms with Gasteiger partial charge in [-0.05, 0) is 39.0 Å². The van der Waals surface area contributed by atoms with E-state index in [-0.39, 0.29) is 0 Å². The maximum atomic E-state index is 8.56. The highest BCUT2D eigenvalue weighted by Crippen LogP contribution is 2.00. The van der Waals surface area contributed by atoms with Gasteiger partial charge in [-0.25, -0.2) is 0 Å². The third-order valence-electron chi connectivity index (χ3n) is 3.17. The average Bonchev–Trinajstić information content (AvgIpc) is 2.41. The molecule has 0 aliphatic heterocycles. The van der Waals surface area contributed by atoms with Crippen molar-refractivity contribution in [3.05, 3.63) is 0 Å². The van der Waals surface area contributed by atoms with Gasteiger partial charge in [0.25, 0.3) is 0 Å². The molecule has 0 atom stereocenters.